The van der Waals surface area contributed by atoms with E-state index in [0.29, 0.717) is 21.5 Å². The van der Waals surface area contributed by atoms with Gasteiger partial charge in [-0.2, -0.15) is 0 Å². The number of benzene rings is 1. The number of rotatable bonds is 3. The van der Waals surface area contributed by atoms with Crippen LogP contribution in [0.25, 0.3) is 0 Å². The zero-order valence-corrected chi connectivity index (χ0v) is 10.2. The summed E-state index contributed by atoms with van der Waals surface area (Å²) in [7, 11) is 0. The fraction of sp³-hybridized carbons (Fsp3) is 0.0833. The average Bonchev–Trinajstić information content (AvgIpc) is 2.30. The van der Waals surface area contributed by atoms with Gasteiger partial charge in [-0.15, -0.1) is 0 Å². The summed E-state index contributed by atoms with van der Waals surface area (Å²) in [5, 5.41) is 0.745. The van der Waals surface area contributed by atoms with Crippen molar-refractivity contribution < 1.29 is 9.13 Å². The summed E-state index contributed by atoms with van der Waals surface area (Å²) in [6.45, 7) is 0.117. The second-order valence-corrected chi connectivity index (χ2v) is 4.16. The molecule has 0 aliphatic heterocycles. The van der Waals surface area contributed by atoms with Crippen molar-refractivity contribution in [3.05, 3.63) is 58.1 Å². The molecule has 0 radical (unpaired) electrons. The van der Waals surface area contributed by atoms with E-state index in [-0.39, 0.29) is 12.4 Å². The molecule has 0 bridgehead atoms. The summed E-state index contributed by atoms with van der Waals surface area (Å²) >= 11 is 11.3. The molecule has 0 aliphatic rings. The lowest BCUT2D eigenvalue weighted by molar-refractivity contribution is 0.298. The first kappa shape index (κ1) is 12.1. The van der Waals surface area contributed by atoms with Crippen molar-refractivity contribution in [2.24, 2.45) is 0 Å². The van der Waals surface area contributed by atoms with Crippen LogP contribution in [0.2, 0.25) is 10.2 Å². The molecule has 0 amide bonds. The van der Waals surface area contributed by atoms with E-state index in [1.165, 1.54) is 12.3 Å². The Morgan fingerprint density at radius 2 is 2.00 bits per heavy atom. The van der Waals surface area contributed by atoms with Gasteiger partial charge >= 0.3 is 0 Å². The lowest BCUT2D eigenvalue weighted by Crippen LogP contribution is -1.98. The van der Waals surface area contributed by atoms with E-state index >= 15 is 0 Å². The van der Waals surface area contributed by atoms with Crippen LogP contribution < -0.4 is 4.74 Å². The first-order valence-corrected chi connectivity index (χ1v) is 5.59. The van der Waals surface area contributed by atoms with E-state index in [1.54, 1.807) is 24.3 Å². The van der Waals surface area contributed by atoms with Crippen LogP contribution in [0.3, 0.4) is 0 Å². The molecule has 17 heavy (non-hydrogen) atoms. The predicted molar refractivity (Wildman–Crippen MR) is 65.0 cm³/mol. The highest BCUT2D eigenvalue weighted by atomic mass is 35.5. The minimum absolute atomic E-state index is 0.117. The molecule has 2 aromatic rings. The first-order valence-electron chi connectivity index (χ1n) is 4.83. The SMILES string of the molecule is Fc1cc(Cl)ccc1COc1ccc(Cl)nc1. The fourth-order valence-corrected chi connectivity index (χ4v) is 1.52. The average molecular weight is 272 g/mol. The third-order valence-electron chi connectivity index (χ3n) is 2.11. The number of nitrogens with zero attached hydrogens (tertiary/aromatic N) is 1. The lowest BCUT2D eigenvalue weighted by atomic mass is 10.2. The van der Waals surface area contributed by atoms with Gasteiger partial charge in [0, 0.05) is 10.6 Å². The smallest absolute Gasteiger partial charge is 0.138 e. The van der Waals surface area contributed by atoms with Crippen molar-refractivity contribution >= 4 is 23.2 Å². The Morgan fingerprint density at radius 1 is 1.18 bits per heavy atom. The first-order chi connectivity index (χ1) is 8.15. The molecule has 1 aromatic carbocycles. The van der Waals surface area contributed by atoms with Crippen LogP contribution in [0.5, 0.6) is 5.75 Å². The second kappa shape index (κ2) is 5.34. The van der Waals surface area contributed by atoms with Crippen LogP contribution in [-0.4, -0.2) is 4.98 Å². The third-order valence-corrected chi connectivity index (χ3v) is 2.57. The molecule has 0 fully saturated rings. The second-order valence-electron chi connectivity index (χ2n) is 3.34. The molecule has 2 rings (SSSR count). The quantitative estimate of drug-likeness (QED) is 0.784. The van der Waals surface area contributed by atoms with Gasteiger partial charge in [-0.1, -0.05) is 29.3 Å². The maximum absolute atomic E-state index is 13.4. The van der Waals surface area contributed by atoms with Crippen molar-refractivity contribution in [1.82, 2.24) is 4.98 Å². The number of hydrogen-bond donors (Lipinski definition) is 0. The molecule has 0 aliphatic carbocycles. The van der Waals surface area contributed by atoms with E-state index in [0.717, 1.165) is 0 Å². The summed E-state index contributed by atoms with van der Waals surface area (Å²) in [6.07, 6.45) is 1.48. The van der Waals surface area contributed by atoms with Gasteiger partial charge in [-0.05, 0) is 24.3 Å². The number of ether oxygens (including phenoxy) is 1. The van der Waals surface area contributed by atoms with Crippen molar-refractivity contribution in [3.63, 3.8) is 0 Å². The molecule has 0 saturated carbocycles. The van der Waals surface area contributed by atoms with E-state index in [9.17, 15) is 4.39 Å². The fourth-order valence-electron chi connectivity index (χ4n) is 1.25. The molecular weight excluding hydrogens is 264 g/mol. The van der Waals surface area contributed by atoms with Crippen molar-refractivity contribution in [2.75, 3.05) is 0 Å². The monoisotopic (exact) mass is 271 g/mol. The molecule has 0 saturated heterocycles. The standard InChI is InChI=1S/C12H8Cl2FNO/c13-9-2-1-8(11(15)5-9)7-17-10-3-4-12(14)16-6-10/h1-6H,7H2. The van der Waals surface area contributed by atoms with E-state index in [2.05, 4.69) is 4.98 Å². The van der Waals surface area contributed by atoms with Crippen LogP contribution >= 0.6 is 23.2 Å². The van der Waals surface area contributed by atoms with Crippen LogP contribution in [0.4, 0.5) is 4.39 Å². The van der Waals surface area contributed by atoms with E-state index in [1.807, 2.05) is 0 Å². The molecule has 0 spiro atoms. The molecule has 1 aromatic heterocycles. The van der Waals surface area contributed by atoms with Gasteiger partial charge in [-0.25, -0.2) is 9.37 Å². The zero-order valence-electron chi connectivity index (χ0n) is 8.66. The Labute approximate surface area is 108 Å². The van der Waals surface area contributed by atoms with E-state index < -0.39 is 0 Å². The number of pyridine rings is 1. The van der Waals surface area contributed by atoms with Crippen molar-refractivity contribution in [1.29, 1.82) is 0 Å². The topological polar surface area (TPSA) is 22.1 Å². The molecule has 0 unspecified atom stereocenters. The third kappa shape index (κ3) is 3.32. The van der Waals surface area contributed by atoms with Crippen molar-refractivity contribution in [3.8, 4) is 5.75 Å². The molecule has 88 valence electrons. The summed E-state index contributed by atoms with van der Waals surface area (Å²) in [5.41, 5.74) is 0.435. The maximum Gasteiger partial charge on any atom is 0.138 e. The van der Waals surface area contributed by atoms with E-state index in [4.69, 9.17) is 27.9 Å². The Kier molecular flexibility index (Phi) is 3.82. The highest BCUT2D eigenvalue weighted by molar-refractivity contribution is 6.30. The van der Waals surface area contributed by atoms with Crippen LogP contribution in [0.1, 0.15) is 5.56 Å². The molecule has 0 atom stereocenters. The Hall–Kier alpha value is -1.32. The summed E-state index contributed by atoms with van der Waals surface area (Å²) in [4.78, 5) is 3.85. The highest BCUT2D eigenvalue weighted by Crippen LogP contribution is 2.18. The lowest BCUT2D eigenvalue weighted by Gasteiger charge is -2.06. The molecule has 1 heterocycles. The van der Waals surface area contributed by atoms with Gasteiger partial charge in [0.2, 0.25) is 0 Å². The number of hydrogen-bond acceptors (Lipinski definition) is 2. The Balaban J connectivity index is 2.04. The minimum atomic E-state index is -0.389. The van der Waals surface area contributed by atoms with Crippen molar-refractivity contribution in [2.45, 2.75) is 6.61 Å². The van der Waals surface area contributed by atoms with Gasteiger partial charge in [0.25, 0.3) is 0 Å². The van der Waals surface area contributed by atoms with Gasteiger partial charge < -0.3 is 4.74 Å². The minimum Gasteiger partial charge on any atom is -0.487 e. The van der Waals surface area contributed by atoms with Crippen LogP contribution in [-0.2, 0) is 6.61 Å². The van der Waals surface area contributed by atoms with Gasteiger partial charge in [0.05, 0.1) is 6.20 Å². The Morgan fingerprint density at radius 3 is 2.65 bits per heavy atom. The Bertz CT molecular complexity index is 516. The molecule has 0 N–H and O–H groups in total. The number of aromatic nitrogens is 1. The molecule has 5 heteroatoms. The van der Waals surface area contributed by atoms with Crippen LogP contribution in [0, 0.1) is 5.82 Å². The summed E-state index contributed by atoms with van der Waals surface area (Å²) < 4.78 is 18.8. The normalized spacial score (nSPS) is 10.3. The summed E-state index contributed by atoms with van der Waals surface area (Å²) in [5.74, 6) is 0.142. The molecule has 2 nitrogen and oxygen atoms in total. The largest absolute Gasteiger partial charge is 0.487 e. The van der Waals surface area contributed by atoms with Crippen LogP contribution in [0.15, 0.2) is 36.5 Å². The maximum atomic E-state index is 13.4. The number of halogens is 3. The predicted octanol–water partition coefficient (Wildman–Crippen LogP) is 4.11. The molecular formula is C12H8Cl2FNO. The highest BCUT2D eigenvalue weighted by Gasteiger charge is 2.04. The van der Waals surface area contributed by atoms with Gasteiger partial charge in [0.1, 0.15) is 23.3 Å². The summed E-state index contributed by atoms with van der Waals surface area (Å²) in [6, 6.07) is 7.73. The van der Waals surface area contributed by atoms with Gasteiger partial charge in [0.15, 0.2) is 0 Å². The zero-order chi connectivity index (χ0) is 12.3. The van der Waals surface area contributed by atoms with Gasteiger partial charge in [-0.3, -0.25) is 0 Å².